The Morgan fingerprint density at radius 2 is 2.05 bits per heavy atom. The van der Waals surface area contributed by atoms with Gasteiger partial charge in [-0.15, -0.1) is 0 Å². The van der Waals surface area contributed by atoms with Gasteiger partial charge in [0.2, 0.25) is 15.9 Å². The van der Waals surface area contributed by atoms with Crippen molar-refractivity contribution in [2.45, 2.75) is 32.1 Å². The molecule has 0 radical (unpaired) electrons. The predicted molar refractivity (Wildman–Crippen MR) is 77.1 cm³/mol. The molecule has 1 rings (SSSR count). The molecule has 0 heterocycles. The van der Waals surface area contributed by atoms with Crippen LogP contribution in [0.5, 0.6) is 5.75 Å². The van der Waals surface area contributed by atoms with Gasteiger partial charge < -0.3 is 10.1 Å². The maximum atomic E-state index is 11.8. The number of amides is 1. The number of benzene rings is 1. The summed E-state index contributed by atoms with van der Waals surface area (Å²) in [7, 11) is -3.92. The summed E-state index contributed by atoms with van der Waals surface area (Å²) in [6.07, 6.45) is 0.699. The van der Waals surface area contributed by atoms with E-state index >= 15 is 0 Å². The summed E-state index contributed by atoms with van der Waals surface area (Å²) in [4.78, 5) is 11.7. The third kappa shape index (κ3) is 4.21. The van der Waals surface area contributed by atoms with E-state index in [-0.39, 0.29) is 22.5 Å². The summed E-state index contributed by atoms with van der Waals surface area (Å²) < 4.78 is 28.3. The number of anilines is 1. The van der Waals surface area contributed by atoms with E-state index in [0.717, 1.165) is 0 Å². The zero-order valence-electron chi connectivity index (χ0n) is 11.8. The minimum atomic E-state index is -3.92. The number of rotatable bonds is 6. The molecule has 0 aromatic heterocycles. The van der Waals surface area contributed by atoms with E-state index in [2.05, 4.69) is 5.32 Å². The summed E-state index contributed by atoms with van der Waals surface area (Å²) >= 11 is 0. The maximum absolute atomic E-state index is 11.8. The molecule has 1 atom stereocenters. The van der Waals surface area contributed by atoms with Crippen molar-refractivity contribution in [3.05, 3.63) is 18.2 Å². The van der Waals surface area contributed by atoms with Crippen LogP contribution in [0.3, 0.4) is 0 Å². The molecule has 0 saturated carbocycles. The molecular formula is C13H20N2O4S. The third-order valence-corrected chi connectivity index (χ3v) is 3.81. The van der Waals surface area contributed by atoms with Crippen molar-refractivity contribution >= 4 is 21.6 Å². The van der Waals surface area contributed by atoms with Crippen LogP contribution in [-0.4, -0.2) is 20.9 Å². The fraction of sp³-hybridized carbons (Fsp3) is 0.462. The van der Waals surface area contributed by atoms with E-state index in [1.807, 2.05) is 6.92 Å². The van der Waals surface area contributed by atoms with E-state index < -0.39 is 10.0 Å². The van der Waals surface area contributed by atoms with Gasteiger partial charge in [0.15, 0.2) is 0 Å². The molecule has 20 heavy (non-hydrogen) atoms. The highest BCUT2D eigenvalue weighted by atomic mass is 32.2. The fourth-order valence-corrected chi connectivity index (χ4v) is 2.23. The van der Waals surface area contributed by atoms with Gasteiger partial charge in [0, 0.05) is 11.6 Å². The van der Waals surface area contributed by atoms with Crippen LogP contribution in [0.4, 0.5) is 5.69 Å². The van der Waals surface area contributed by atoms with E-state index in [0.29, 0.717) is 18.7 Å². The minimum Gasteiger partial charge on any atom is -0.492 e. The number of carbonyl (C=O) groups is 1. The van der Waals surface area contributed by atoms with Crippen LogP contribution in [0.2, 0.25) is 0 Å². The van der Waals surface area contributed by atoms with Crippen LogP contribution in [0, 0.1) is 5.92 Å². The van der Waals surface area contributed by atoms with E-state index in [1.165, 1.54) is 12.1 Å². The van der Waals surface area contributed by atoms with Gasteiger partial charge in [0.25, 0.3) is 0 Å². The SMILES string of the molecule is CCOc1ccc(NC(=O)C(C)CC)cc1S(N)(=O)=O. The number of nitrogens with one attached hydrogen (secondary N) is 1. The molecular weight excluding hydrogens is 280 g/mol. The van der Waals surface area contributed by atoms with Crippen molar-refractivity contribution in [1.82, 2.24) is 0 Å². The molecule has 0 aliphatic rings. The van der Waals surface area contributed by atoms with Gasteiger partial charge in [-0.3, -0.25) is 4.79 Å². The number of ether oxygens (including phenoxy) is 1. The van der Waals surface area contributed by atoms with Crippen molar-refractivity contribution in [1.29, 1.82) is 0 Å². The van der Waals surface area contributed by atoms with Crippen LogP contribution in [0.1, 0.15) is 27.2 Å². The molecule has 6 nitrogen and oxygen atoms in total. The maximum Gasteiger partial charge on any atom is 0.241 e. The number of primary sulfonamides is 1. The van der Waals surface area contributed by atoms with Crippen LogP contribution in [0.25, 0.3) is 0 Å². The molecule has 0 aliphatic carbocycles. The molecule has 112 valence electrons. The summed E-state index contributed by atoms with van der Waals surface area (Å²) in [5, 5.41) is 7.81. The summed E-state index contributed by atoms with van der Waals surface area (Å²) in [5.41, 5.74) is 0.378. The Hall–Kier alpha value is -1.60. The Balaban J connectivity index is 3.10. The number of nitrogens with two attached hydrogens (primary N) is 1. The van der Waals surface area contributed by atoms with Gasteiger partial charge in [0.05, 0.1) is 6.61 Å². The first-order valence-electron chi connectivity index (χ1n) is 6.40. The lowest BCUT2D eigenvalue weighted by Gasteiger charge is -2.13. The van der Waals surface area contributed by atoms with Gasteiger partial charge in [0.1, 0.15) is 10.6 Å². The first-order chi connectivity index (χ1) is 9.29. The number of sulfonamides is 1. The van der Waals surface area contributed by atoms with Gasteiger partial charge in [-0.05, 0) is 31.5 Å². The Labute approximate surface area is 119 Å². The zero-order valence-corrected chi connectivity index (χ0v) is 12.7. The Morgan fingerprint density at radius 3 is 2.55 bits per heavy atom. The van der Waals surface area contributed by atoms with E-state index in [9.17, 15) is 13.2 Å². The van der Waals surface area contributed by atoms with Crippen molar-refractivity contribution in [2.24, 2.45) is 11.1 Å². The highest BCUT2D eigenvalue weighted by Crippen LogP contribution is 2.26. The molecule has 1 aromatic carbocycles. The zero-order chi connectivity index (χ0) is 15.3. The Kier molecular flexibility index (Phi) is 5.52. The fourth-order valence-electron chi connectivity index (χ4n) is 1.53. The highest BCUT2D eigenvalue weighted by Gasteiger charge is 2.17. The molecule has 0 saturated heterocycles. The number of hydrogen-bond acceptors (Lipinski definition) is 4. The average molecular weight is 300 g/mol. The van der Waals surface area contributed by atoms with Crippen LogP contribution in [0.15, 0.2) is 23.1 Å². The van der Waals surface area contributed by atoms with Crippen molar-refractivity contribution < 1.29 is 17.9 Å². The van der Waals surface area contributed by atoms with Crippen LogP contribution in [-0.2, 0) is 14.8 Å². The largest absolute Gasteiger partial charge is 0.492 e. The minimum absolute atomic E-state index is 0.138. The summed E-state index contributed by atoms with van der Waals surface area (Å²) in [6, 6.07) is 4.37. The van der Waals surface area contributed by atoms with Gasteiger partial charge in [-0.25, -0.2) is 13.6 Å². The van der Waals surface area contributed by atoms with E-state index in [4.69, 9.17) is 9.88 Å². The normalized spacial score (nSPS) is 12.8. The second-order valence-corrected chi connectivity index (χ2v) is 5.97. The molecule has 7 heteroatoms. The number of carbonyl (C=O) groups excluding carboxylic acids is 1. The molecule has 0 aliphatic heterocycles. The van der Waals surface area contributed by atoms with Crippen LogP contribution < -0.4 is 15.2 Å². The lowest BCUT2D eigenvalue weighted by atomic mass is 10.1. The molecule has 0 spiro atoms. The number of hydrogen-bond donors (Lipinski definition) is 2. The first kappa shape index (κ1) is 16.5. The second-order valence-electron chi connectivity index (χ2n) is 4.44. The van der Waals surface area contributed by atoms with Gasteiger partial charge in [-0.2, -0.15) is 0 Å². The standard InChI is InChI=1S/C13H20N2O4S/c1-4-9(3)13(16)15-10-6-7-11(19-5-2)12(8-10)20(14,17)18/h6-9H,4-5H2,1-3H3,(H,15,16)(H2,14,17,18). The Bertz CT molecular complexity index is 584. The summed E-state index contributed by atoms with van der Waals surface area (Å²) in [5.74, 6) is -0.145. The molecule has 3 N–H and O–H groups in total. The van der Waals surface area contributed by atoms with Crippen molar-refractivity contribution in [3.63, 3.8) is 0 Å². The first-order valence-corrected chi connectivity index (χ1v) is 7.94. The molecule has 0 bridgehead atoms. The lowest BCUT2D eigenvalue weighted by Crippen LogP contribution is -2.20. The Morgan fingerprint density at radius 1 is 1.40 bits per heavy atom. The molecule has 1 aromatic rings. The topological polar surface area (TPSA) is 98.5 Å². The average Bonchev–Trinajstić information content (AvgIpc) is 2.38. The van der Waals surface area contributed by atoms with Crippen LogP contribution >= 0.6 is 0 Å². The molecule has 1 unspecified atom stereocenters. The lowest BCUT2D eigenvalue weighted by molar-refractivity contribution is -0.119. The van der Waals surface area contributed by atoms with Crippen molar-refractivity contribution in [3.8, 4) is 5.75 Å². The monoisotopic (exact) mass is 300 g/mol. The predicted octanol–water partition coefficient (Wildman–Crippen LogP) is 1.72. The van der Waals surface area contributed by atoms with Crippen molar-refractivity contribution in [2.75, 3.05) is 11.9 Å². The molecule has 1 amide bonds. The van der Waals surface area contributed by atoms with Gasteiger partial charge >= 0.3 is 0 Å². The molecule has 0 fully saturated rings. The third-order valence-electron chi connectivity index (χ3n) is 2.88. The second kappa shape index (κ2) is 6.71. The smallest absolute Gasteiger partial charge is 0.241 e. The summed E-state index contributed by atoms with van der Waals surface area (Å²) in [6.45, 7) is 5.76. The highest BCUT2D eigenvalue weighted by molar-refractivity contribution is 7.89. The van der Waals surface area contributed by atoms with Gasteiger partial charge in [-0.1, -0.05) is 13.8 Å². The quantitative estimate of drug-likeness (QED) is 0.835. The van der Waals surface area contributed by atoms with E-state index in [1.54, 1.807) is 19.9 Å².